The molecule has 1 aromatic heterocycles. The number of hydrogen-bond acceptors (Lipinski definition) is 5. The minimum atomic E-state index is -0.349. The van der Waals surface area contributed by atoms with Crippen LogP contribution in [0.3, 0.4) is 0 Å². The van der Waals surface area contributed by atoms with Crippen molar-refractivity contribution in [2.45, 2.75) is 50.5 Å². The third-order valence-electron chi connectivity index (χ3n) is 4.17. The molecule has 0 bridgehead atoms. The topological polar surface area (TPSA) is 55.4 Å². The number of nitrogens with one attached hydrogen (secondary N) is 1. The van der Waals surface area contributed by atoms with Gasteiger partial charge >= 0.3 is 5.97 Å². The summed E-state index contributed by atoms with van der Waals surface area (Å²) in [5.41, 5.74) is 1.59. The molecule has 0 fully saturated rings. The minimum absolute atomic E-state index is 0.155. The Kier molecular flexibility index (Phi) is 6.84. The number of aryl methyl sites for hydroxylation is 1. The van der Waals surface area contributed by atoms with Gasteiger partial charge in [0.15, 0.2) is 0 Å². The van der Waals surface area contributed by atoms with Gasteiger partial charge in [-0.25, -0.2) is 4.79 Å². The standard InChI is InChI=1S/C20H22ClNO3S2/c1-12(2)25-20(24)18-13-7-3-5-9-15(13)27-19(18)22-17(23)11-26-16-10-6-4-8-14(16)21/h4,6,8,10,12H,3,5,7,9,11H2,1-2H3,(H,22,23). The fraction of sp³-hybridized carbons (Fsp3) is 0.400. The number of fused-ring (bicyclic) bond motifs is 1. The van der Waals surface area contributed by atoms with E-state index in [0.717, 1.165) is 36.1 Å². The molecule has 2 aromatic rings. The molecule has 0 saturated carbocycles. The van der Waals surface area contributed by atoms with Crippen molar-refractivity contribution in [1.29, 1.82) is 0 Å². The molecule has 1 aromatic carbocycles. The van der Waals surface area contributed by atoms with E-state index in [-0.39, 0.29) is 23.7 Å². The van der Waals surface area contributed by atoms with Gasteiger partial charge in [0.25, 0.3) is 0 Å². The highest BCUT2D eigenvalue weighted by Gasteiger charge is 2.27. The molecule has 0 aliphatic heterocycles. The first-order chi connectivity index (χ1) is 13.0. The molecule has 3 rings (SSSR count). The van der Waals surface area contributed by atoms with Crippen LogP contribution in [-0.4, -0.2) is 23.7 Å². The van der Waals surface area contributed by atoms with Crippen LogP contribution in [0.15, 0.2) is 29.2 Å². The van der Waals surface area contributed by atoms with Gasteiger partial charge in [-0.3, -0.25) is 4.79 Å². The van der Waals surface area contributed by atoms with Gasteiger partial charge in [-0.1, -0.05) is 23.7 Å². The highest BCUT2D eigenvalue weighted by Crippen LogP contribution is 2.39. The zero-order valence-corrected chi connectivity index (χ0v) is 17.7. The van der Waals surface area contributed by atoms with Crippen LogP contribution < -0.4 is 5.32 Å². The number of thioether (sulfide) groups is 1. The van der Waals surface area contributed by atoms with Crippen molar-refractivity contribution >= 4 is 51.6 Å². The molecule has 1 amide bonds. The van der Waals surface area contributed by atoms with E-state index >= 15 is 0 Å². The molecule has 1 heterocycles. The van der Waals surface area contributed by atoms with Gasteiger partial charge in [0.2, 0.25) is 5.91 Å². The molecule has 1 N–H and O–H groups in total. The molecule has 1 aliphatic carbocycles. The first kappa shape index (κ1) is 20.2. The highest BCUT2D eigenvalue weighted by atomic mass is 35.5. The monoisotopic (exact) mass is 423 g/mol. The van der Waals surface area contributed by atoms with Crippen molar-refractivity contribution in [3.05, 3.63) is 45.3 Å². The number of esters is 1. The van der Waals surface area contributed by atoms with Crippen LogP contribution in [0.2, 0.25) is 5.02 Å². The average Bonchev–Trinajstić information content (AvgIpc) is 2.98. The van der Waals surface area contributed by atoms with E-state index < -0.39 is 0 Å². The summed E-state index contributed by atoms with van der Waals surface area (Å²) in [6, 6.07) is 7.43. The van der Waals surface area contributed by atoms with Gasteiger partial charge in [-0.15, -0.1) is 23.1 Å². The van der Waals surface area contributed by atoms with Gasteiger partial charge in [0, 0.05) is 9.77 Å². The van der Waals surface area contributed by atoms with Crippen molar-refractivity contribution in [1.82, 2.24) is 0 Å². The quantitative estimate of drug-likeness (QED) is 0.487. The summed E-state index contributed by atoms with van der Waals surface area (Å²) in [5.74, 6) is -0.277. The van der Waals surface area contributed by atoms with Crippen molar-refractivity contribution in [3.8, 4) is 0 Å². The number of ether oxygens (including phenoxy) is 1. The summed E-state index contributed by atoms with van der Waals surface area (Å²) >= 11 is 9.02. The lowest BCUT2D eigenvalue weighted by atomic mass is 9.95. The first-order valence-corrected chi connectivity index (χ1v) is 11.2. The molecule has 0 atom stereocenters. The van der Waals surface area contributed by atoms with E-state index in [1.165, 1.54) is 28.0 Å². The minimum Gasteiger partial charge on any atom is -0.459 e. The Morgan fingerprint density at radius 1 is 1.26 bits per heavy atom. The van der Waals surface area contributed by atoms with Gasteiger partial charge < -0.3 is 10.1 Å². The highest BCUT2D eigenvalue weighted by molar-refractivity contribution is 8.00. The smallest absolute Gasteiger partial charge is 0.341 e. The van der Waals surface area contributed by atoms with E-state index in [9.17, 15) is 9.59 Å². The van der Waals surface area contributed by atoms with Crippen LogP contribution in [0.25, 0.3) is 0 Å². The Hall–Kier alpha value is -1.50. The maximum atomic E-state index is 12.6. The van der Waals surface area contributed by atoms with E-state index in [1.807, 2.05) is 32.0 Å². The number of hydrogen-bond donors (Lipinski definition) is 1. The Morgan fingerprint density at radius 2 is 2.00 bits per heavy atom. The number of halogens is 1. The Balaban J connectivity index is 1.75. The van der Waals surface area contributed by atoms with Crippen molar-refractivity contribution in [2.75, 3.05) is 11.1 Å². The number of benzene rings is 1. The lowest BCUT2D eigenvalue weighted by Crippen LogP contribution is -2.18. The van der Waals surface area contributed by atoms with Gasteiger partial charge in [0.1, 0.15) is 5.00 Å². The second-order valence-corrected chi connectivity index (χ2v) is 9.17. The molecular formula is C20H22ClNO3S2. The molecular weight excluding hydrogens is 402 g/mol. The summed E-state index contributed by atoms with van der Waals surface area (Å²) in [7, 11) is 0. The van der Waals surface area contributed by atoms with Gasteiger partial charge in [0.05, 0.1) is 22.4 Å². The summed E-state index contributed by atoms with van der Waals surface area (Å²) in [5, 5.41) is 4.16. The number of thiophene rings is 1. The summed E-state index contributed by atoms with van der Waals surface area (Å²) < 4.78 is 5.42. The van der Waals surface area contributed by atoms with Crippen LogP contribution in [0, 0.1) is 0 Å². The largest absolute Gasteiger partial charge is 0.459 e. The maximum absolute atomic E-state index is 12.6. The second-order valence-electron chi connectivity index (χ2n) is 6.64. The first-order valence-electron chi connectivity index (χ1n) is 8.98. The Bertz CT molecular complexity index is 848. The molecule has 1 aliphatic rings. The third-order valence-corrected chi connectivity index (χ3v) is 6.89. The van der Waals surface area contributed by atoms with Gasteiger partial charge in [-0.2, -0.15) is 0 Å². The number of rotatable bonds is 6. The maximum Gasteiger partial charge on any atom is 0.341 e. The fourth-order valence-corrected chi connectivity index (χ4v) is 5.34. The normalized spacial score (nSPS) is 13.3. The van der Waals surface area contributed by atoms with Crippen LogP contribution in [-0.2, 0) is 22.4 Å². The van der Waals surface area contributed by atoms with E-state index in [1.54, 1.807) is 6.07 Å². The summed E-state index contributed by atoms with van der Waals surface area (Å²) in [6.07, 6.45) is 3.78. The predicted octanol–water partition coefficient (Wildman–Crippen LogP) is 5.58. The van der Waals surface area contributed by atoms with Crippen LogP contribution in [0.5, 0.6) is 0 Å². The number of amides is 1. The van der Waals surface area contributed by atoms with Crippen LogP contribution >= 0.6 is 34.7 Å². The number of carbonyl (C=O) groups excluding carboxylic acids is 2. The molecule has 0 spiro atoms. The third kappa shape index (κ3) is 5.06. The fourth-order valence-electron chi connectivity index (χ4n) is 3.01. The summed E-state index contributed by atoms with van der Waals surface area (Å²) in [6.45, 7) is 3.66. The molecule has 0 unspecified atom stereocenters. The zero-order chi connectivity index (χ0) is 19.4. The second kappa shape index (κ2) is 9.13. The van der Waals surface area contributed by atoms with Crippen LogP contribution in [0.4, 0.5) is 5.00 Å². The molecule has 144 valence electrons. The lowest BCUT2D eigenvalue weighted by Gasteiger charge is -2.14. The lowest BCUT2D eigenvalue weighted by molar-refractivity contribution is -0.113. The zero-order valence-electron chi connectivity index (χ0n) is 15.3. The molecule has 7 heteroatoms. The molecule has 4 nitrogen and oxygen atoms in total. The van der Waals surface area contributed by atoms with E-state index in [2.05, 4.69) is 5.32 Å². The molecule has 0 saturated heterocycles. The van der Waals surface area contributed by atoms with E-state index in [0.29, 0.717) is 15.6 Å². The molecule has 0 radical (unpaired) electrons. The van der Waals surface area contributed by atoms with Crippen molar-refractivity contribution in [3.63, 3.8) is 0 Å². The SMILES string of the molecule is CC(C)OC(=O)c1c(NC(=O)CSc2ccccc2Cl)sc2c1CCCC2. The average molecular weight is 424 g/mol. The number of carbonyl (C=O) groups is 2. The molecule has 27 heavy (non-hydrogen) atoms. The summed E-state index contributed by atoms with van der Waals surface area (Å²) in [4.78, 5) is 27.2. The van der Waals surface area contributed by atoms with E-state index in [4.69, 9.17) is 16.3 Å². The predicted molar refractivity (Wildman–Crippen MR) is 112 cm³/mol. The van der Waals surface area contributed by atoms with Crippen molar-refractivity contribution in [2.24, 2.45) is 0 Å². The Morgan fingerprint density at radius 3 is 2.74 bits per heavy atom. The Labute approximate surface area is 172 Å². The number of anilines is 1. The van der Waals surface area contributed by atoms with Gasteiger partial charge in [-0.05, 0) is 57.2 Å². The van der Waals surface area contributed by atoms with Crippen molar-refractivity contribution < 1.29 is 14.3 Å². The van der Waals surface area contributed by atoms with Crippen LogP contribution in [0.1, 0.15) is 47.5 Å².